The Morgan fingerprint density at radius 1 is 1.45 bits per heavy atom. The lowest BCUT2D eigenvalue weighted by Crippen LogP contribution is -2.16. The van der Waals surface area contributed by atoms with Crippen LogP contribution in [-0.2, 0) is 9.53 Å². The molecule has 0 aliphatic carbocycles. The van der Waals surface area contributed by atoms with E-state index in [1.54, 1.807) is 0 Å². The standard InChI is InChI=1S/C9H14O2/c10-5-1-2-7-6-8-3-4-9(7)11-8/h5,7-9H,1-4,6H2. The molecule has 11 heavy (non-hydrogen) atoms. The van der Waals surface area contributed by atoms with Crippen molar-refractivity contribution >= 4 is 6.29 Å². The molecule has 2 heteroatoms. The molecule has 0 spiro atoms. The summed E-state index contributed by atoms with van der Waals surface area (Å²) in [6.07, 6.45) is 7.51. The van der Waals surface area contributed by atoms with Gasteiger partial charge < -0.3 is 9.53 Å². The Morgan fingerprint density at radius 3 is 2.91 bits per heavy atom. The zero-order valence-electron chi connectivity index (χ0n) is 6.66. The van der Waals surface area contributed by atoms with Gasteiger partial charge in [-0.3, -0.25) is 0 Å². The Hall–Kier alpha value is -0.370. The summed E-state index contributed by atoms with van der Waals surface area (Å²) < 4.78 is 5.67. The lowest BCUT2D eigenvalue weighted by atomic mass is 9.86. The van der Waals surface area contributed by atoms with Crippen LogP contribution in [0.5, 0.6) is 0 Å². The predicted molar refractivity (Wildman–Crippen MR) is 41.3 cm³/mol. The number of rotatable bonds is 3. The number of aldehydes is 1. The van der Waals surface area contributed by atoms with E-state index in [2.05, 4.69) is 0 Å². The highest BCUT2D eigenvalue weighted by atomic mass is 16.5. The van der Waals surface area contributed by atoms with Gasteiger partial charge in [-0.05, 0) is 31.6 Å². The summed E-state index contributed by atoms with van der Waals surface area (Å²) in [5, 5.41) is 0. The molecule has 2 heterocycles. The summed E-state index contributed by atoms with van der Waals surface area (Å²) in [4.78, 5) is 10.1. The molecule has 0 amide bonds. The SMILES string of the molecule is O=CCCC1CC2CCC1O2. The van der Waals surface area contributed by atoms with Gasteiger partial charge in [0.25, 0.3) is 0 Å². The quantitative estimate of drug-likeness (QED) is 0.576. The van der Waals surface area contributed by atoms with Crippen molar-refractivity contribution in [2.75, 3.05) is 0 Å². The van der Waals surface area contributed by atoms with Gasteiger partial charge in [-0.1, -0.05) is 0 Å². The molecule has 2 rings (SSSR count). The minimum Gasteiger partial charge on any atom is -0.375 e. The van der Waals surface area contributed by atoms with Crippen molar-refractivity contribution < 1.29 is 9.53 Å². The van der Waals surface area contributed by atoms with Crippen LogP contribution in [0.15, 0.2) is 0 Å². The second kappa shape index (κ2) is 2.94. The third-order valence-corrected chi connectivity index (χ3v) is 2.89. The van der Waals surface area contributed by atoms with Gasteiger partial charge in [0.15, 0.2) is 0 Å². The second-order valence-electron chi connectivity index (χ2n) is 3.61. The fraction of sp³-hybridized carbons (Fsp3) is 0.889. The van der Waals surface area contributed by atoms with Gasteiger partial charge in [0.1, 0.15) is 6.29 Å². The molecule has 2 saturated heterocycles. The maximum Gasteiger partial charge on any atom is 0.120 e. The zero-order chi connectivity index (χ0) is 7.68. The molecule has 2 nitrogen and oxygen atoms in total. The van der Waals surface area contributed by atoms with Crippen molar-refractivity contribution in [2.24, 2.45) is 5.92 Å². The van der Waals surface area contributed by atoms with E-state index in [0.717, 1.165) is 19.1 Å². The maximum atomic E-state index is 10.1. The number of ether oxygens (including phenoxy) is 1. The fourth-order valence-electron chi connectivity index (χ4n) is 2.33. The molecule has 62 valence electrons. The lowest BCUT2D eigenvalue weighted by molar-refractivity contribution is -0.108. The first-order chi connectivity index (χ1) is 5.40. The van der Waals surface area contributed by atoms with Crippen LogP contribution in [0, 0.1) is 5.92 Å². The average Bonchev–Trinajstić information content (AvgIpc) is 2.60. The molecule has 0 saturated carbocycles. The summed E-state index contributed by atoms with van der Waals surface area (Å²) in [6.45, 7) is 0. The largest absolute Gasteiger partial charge is 0.375 e. The van der Waals surface area contributed by atoms with Gasteiger partial charge in [-0.15, -0.1) is 0 Å². The number of hydrogen-bond acceptors (Lipinski definition) is 2. The monoisotopic (exact) mass is 154 g/mol. The third-order valence-electron chi connectivity index (χ3n) is 2.89. The van der Waals surface area contributed by atoms with Gasteiger partial charge in [0, 0.05) is 6.42 Å². The van der Waals surface area contributed by atoms with Crippen molar-refractivity contribution in [1.82, 2.24) is 0 Å². The molecule has 3 atom stereocenters. The number of carbonyl (C=O) groups is 1. The molecule has 3 unspecified atom stereocenters. The summed E-state index contributed by atoms with van der Waals surface area (Å²) in [7, 11) is 0. The normalized spacial score (nSPS) is 41.3. The Morgan fingerprint density at radius 2 is 2.36 bits per heavy atom. The van der Waals surface area contributed by atoms with Crippen LogP contribution in [0.1, 0.15) is 32.1 Å². The molecule has 0 aromatic carbocycles. The van der Waals surface area contributed by atoms with Crippen LogP contribution in [0.2, 0.25) is 0 Å². The highest BCUT2D eigenvalue weighted by molar-refractivity contribution is 5.49. The summed E-state index contributed by atoms with van der Waals surface area (Å²) >= 11 is 0. The number of fused-ring (bicyclic) bond motifs is 2. The minimum atomic E-state index is 0.500. The summed E-state index contributed by atoms with van der Waals surface area (Å²) in [6, 6.07) is 0. The van der Waals surface area contributed by atoms with Crippen molar-refractivity contribution in [1.29, 1.82) is 0 Å². The zero-order valence-corrected chi connectivity index (χ0v) is 6.66. The fourth-order valence-corrected chi connectivity index (χ4v) is 2.33. The van der Waals surface area contributed by atoms with E-state index < -0.39 is 0 Å². The van der Waals surface area contributed by atoms with Crippen LogP contribution < -0.4 is 0 Å². The van der Waals surface area contributed by atoms with Crippen LogP contribution in [-0.4, -0.2) is 18.5 Å². The Labute approximate surface area is 66.9 Å². The van der Waals surface area contributed by atoms with E-state index in [1.165, 1.54) is 19.3 Å². The molecule has 2 aliphatic heterocycles. The summed E-state index contributed by atoms with van der Waals surface area (Å²) in [5.41, 5.74) is 0. The van der Waals surface area contributed by atoms with Gasteiger partial charge >= 0.3 is 0 Å². The van der Waals surface area contributed by atoms with E-state index in [-0.39, 0.29) is 0 Å². The van der Waals surface area contributed by atoms with Crippen molar-refractivity contribution in [3.63, 3.8) is 0 Å². The van der Waals surface area contributed by atoms with Crippen LogP contribution >= 0.6 is 0 Å². The van der Waals surface area contributed by atoms with E-state index in [4.69, 9.17) is 4.74 Å². The van der Waals surface area contributed by atoms with Crippen LogP contribution in [0.3, 0.4) is 0 Å². The Kier molecular flexibility index (Phi) is 1.95. The molecule has 0 aromatic heterocycles. The maximum absolute atomic E-state index is 10.1. The summed E-state index contributed by atoms with van der Waals surface area (Å²) in [5.74, 6) is 0.693. The van der Waals surface area contributed by atoms with E-state index in [0.29, 0.717) is 18.1 Å². The van der Waals surface area contributed by atoms with Crippen molar-refractivity contribution in [2.45, 2.75) is 44.3 Å². The molecular weight excluding hydrogens is 140 g/mol. The first-order valence-electron chi connectivity index (χ1n) is 4.49. The van der Waals surface area contributed by atoms with Gasteiger partial charge in [0.2, 0.25) is 0 Å². The van der Waals surface area contributed by atoms with Crippen LogP contribution in [0.4, 0.5) is 0 Å². The molecule has 2 bridgehead atoms. The van der Waals surface area contributed by atoms with E-state index in [1.807, 2.05) is 0 Å². The first kappa shape index (κ1) is 7.29. The van der Waals surface area contributed by atoms with E-state index >= 15 is 0 Å². The molecule has 2 fully saturated rings. The molecule has 0 radical (unpaired) electrons. The topological polar surface area (TPSA) is 26.3 Å². The number of hydrogen-bond donors (Lipinski definition) is 0. The molecule has 2 aliphatic rings. The van der Waals surface area contributed by atoms with Crippen LogP contribution in [0.25, 0.3) is 0 Å². The number of carbonyl (C=O) groups excluding carboxylic acids is 1. The third kappa shape index (κ3) is 1.32. The average molecular weight is 154 g/mol. The Balaban J connectivity index is 1.83. The Bertz CT molecular complexity index is 156. The van der Waals surface area contributed by atoms with E-state index in [9.17, 15) is 4.79 Å². The highest BCUT2D eigenvalue weighted by Gasteiger charge is 2.39. The van der Waals surface area contributed by atoms with Gasteiger partial charge in [-0.2, -0.15) is 0 Å². The molecular formula is C9H14O2. The molecule has 0 N–H and O–H groups in total. The highest BCUT2D eigenvalue weighted by Crippen LogP contribution is 2.40. The van der Waals surface area contributed by atoms with Crippen molar-refractivity contribution in [3.8, 4) is 0 Å². The second-order valence-corrected chi connectivity index (χ2v) is 3.61. The lowest BCUT2D eigenvalue weighted by Gasteiger charge is -2.16. The van der Waals surface area contributed by atoms with Gasteiger partial charge in [-0.25, -0.2) is 0 Å². The minimum absolute atomic E-state index is 0.500. The van der Waals surface area contributed by atoms with Crippen molar-refractivity contribution in [3.05, 3.63) is 0 Å². The first-order valence-corrected chi connectivity index (χ1v) is 4.49. The smallest absolute Gasteiger partial charge is 0.120 e. The predicted octanol–water partition coefficient (Wildman–Crippen LogP) is 1.53. The van der Waals surface area contributed by atoms with Gasteiger partial charge in [0.05, 0.1) is 12.2 Å². The molecule has 0 aromatic rings.